The first kappa shape index (κ1) is 13.5. The second-order valence-electron chi connectivity index (χ2n) is 5.46. The lowest BCUT2D eigenvalue weighted by molar-refractivity contribution is -0.690. The van der Waals surface area contributed by atoms with Gasteiger partial charge in [-0.2, -0.15) is 4.57 Å². The fourth-order valence-corrected chi connectivity index (χ4v) is 2.65. The van der Waals surface area contributed by atoms with Crippen LogP contribution in [0.5, 0.6) is 0 Å². The van der Waals surface area contributed by atoms with Crippen LogP contribution in [0.25, 0.3) is 10.8 Å². The number of hydrogen-bond donors (Lipinski definition) is 0. The first-order chi connectivity index (χ1) is 10.1. The number of aromatic nitrogens is 1. The van der Waals surface area contributed by atoms with Gasteiger partial charge < -0.3 is 0 Å². The fourth-order valence-electron chi connectivity index (χ4n) is 2.65. The van der Waals surface area contributed by atoms with Crippen molar-refractivity contribution in [1.29, 1.82) is 0 Å². The Balaban J connectivity index is 2.02. The Morgan fingerprint density at radius 2 is 1.76 bits per heavy atom. The number of aryl methyl sites for hydroxylation is 1. The Kier molecular flexibility index (Phi) is 3.53. The van der Waals surface area contributed by atoms with Crippen molar-refractivity contribution in [2.75, 3.05) is 0 Å². The summed E-state index contributed by atoms with van der Waals surface area (Å²) in [6.07, 6.45) is 2.03. The molecule has 2 heteroatoms. The molecular weight excluding hydrogens is 258 g/mol. The Labute approximate surface area is 124 Å². The predicted molar refractivity (Wildman–Crippen MR) is 84.4 cm³/mol. The van der Waals surface area contributed by atoms with Gasteiger partial charge in [0, 0.05) is 24.1 Å². The van der Waals surface area contributed by atoms with Crippen molar-refractivity contribution in [2.24, 2.45) is 0 Å². The number of Topliss-reactive ketones (excluding diaryl/α,β-unsaturated/α-hetero) is 1. The van der Waals surface area contributed by atoms with Crippen LogP contribution in [0.1, 0.15) is 28.5 Å². The molecule has 0 atom stereocenters. The van der Waals surface area contributed by atoms with Crippen LogP contribution < -0.4 is 4.57 Å². The predicted octanol–water partition coefficient (Wildman–Crippen LogP) is 3.69. The number of ketones is 1. The smallest absolute Gasteiger partial charge is 0.248 e. The average molecular weight is 276 g/mol. The van der Waals surface area contributed by atoms with E-state index in [0.29, 0.717) is 6.54 Å². The van der Waals surface area contributed by atoms with E-state index < -0.39 is 0 Å². The van der Waals surface area contributed by atoms with E-state index in [1.165, 1.54) is 16.3 Å². The zero-order chi connectivity index (χ0) is 14.8. The molecule has 0 amide bonds. The average Bonchev–Trinajstić information content (AvgIpc) is 2.47. The van der Waals surface area contributed by atoms with Gasteiger partial charge in [-0.25, -0.2) is 0 Å². The van der Waals surface area contributed by atoms with E-state index in [-0.39, 0.29) is 5.78 Å². The maximum Gasteiger partial charge on any atom is 0.248 e. The minimum absolute atomic E-state index is 0.0933. The molecule has 3 aromatic rings. The van der Waals surface area contributed by atoms with E-state index in [4.69, 9.17) is 0 Å². The number of nitrogens with zero attached hydrogens (tertiary/aromatic N) is 1. The van der Waals surface area contributed by atoms with E-state index in [2.05, 4.69) is 30.3 Å². The first-order valence-corrected chi connectivity index (χ1v) is 7.12. The highest BCUT2D eigenvalue weighted by atomic mass is 16.1. The van der Waals surface area contributed by atoms with Crippen molar-refractivity contribution in [3.63, 3.8) is 0 Å². The van der Waals surface area contributed by atoms with Gasteiger partial charge in [0.15, 0.2) is 12.7 Å². The second kappa shape index (κ2) is 5.49. The van der Waals surface area contributed by atoms with Gasteiger partial charge in [-0.15, -0.1) is 0 Å². The standard InChI is InChI=1S/C19H18NO/c1-14-7-10-19(15(2)21)20(12-14)13-16-8-9-17-5-3-4-6-18(17)11-16/h3-12H,13H2,1-2H3/q+1. The topological polar surface area (TPSA) is 20.9 Å². The maximum atomic E-state index is 11.8. The maximum absolute atomic E-state index is 11.8. The third-order valence-electron chi connectivity index (χ3n) is 3.70. The number of carbonyl (C=O) groups excluding carboxylic acids is 1. The zero-order valence-electron chi connectivity index (χ0n) is 12.3. The van der Waals surface area contributed by atoms with Gasteiger partial charge >= 0.3 is 0 Å². The molecule has 0 fully saturated rings. The second-order valence-corrected chi connectivity index (χ2v) is 5.46. The van der Waals surface area contributed by atoms with Crippen LogP contribution in [0, 0.1) is 6.92 Å². The van der Waals surface area contributed by atoms with Gasteiger partial charge in [-0.3, -0.25) is 4.79 Å². The van der Waals surface area contributed by atoms with Gasteiger partial charge in [-0.05, 0) is 29.8 Å². The minimum atomic E-state index is 0.0933. The summed E-state index contributed by atoms with van der Waals surface area (Å²) in [5.74, 6) is 0.0933. The Morgan fingerprint density at radius 3 is 2.52 bits per heavy atom. The number of pyridine rings is 1. The lowest BCUT2D eigenvalue weighted by Gasteiger charge is -2.04. The number of rotatable bonds is 3. The molecule has 0 unspecified atom stereocenters. The molecule has 0 spiro atoms. The number of benzene rings is 2. The van der Waals surface area contributed by atoms with E-state index in [1.54, 1.807) is 6.92 Å². The Hall–Kier alpha value is -2.48. The molecule has 2 nitrogen and oxygen atoms in total. The molecule has 104 valence electrons. The van der Waals surface area contributed by atoms with E-state index >= 15 is 0 Å². The summed E-state index contributed by atoms with van der Waals surface area (Å²) >= 11 is 0. The van der Waals surface area contributed by atoms with Crippen LogP contribution in [0.2, 0.25) is 0 Å². The number of fused-ring (bicyclic) bond motifs is 1. The van der Waals surface area contributed by atoms with Crippen molar-refractivity contribution in [3.05, 3.63) is 77.6 Å². The SMILES string of the molecule is CC(=O)c1ccc(C)c[n+]1Cc1ccc2ccccc2c1. The highest BCUT2D eigenvalue weighted by Crippen LogP contribution is 2.15. The van der Waals surface area contributed by atoms with Crippen LogP contribution in [-0.4, -0.2) is 5.78 Å². The largest absolute Gasteiger partial charge is 0.288 e. The van der Waals surface area contributed by atoms with Crippen LogP contribution in [0.4, 0.5) is 0 Å². The molecule has 0 radical (unpaired) electrons. The molecule has 0 N–H and O–H groups in total. The monoisotopic (exact) mass is 276 g/mol. The number of carbonyl (C=O) groups is 1. The molecule has 21 heavy (non-hydrogen) atoms. The lowest BCUT2D eigenvalue weighted by atomic mass is 10.1. The summed E-state index contributed by atoms with van der Waals surface area (Å²) in [4.78, 5) is 11.8. The van der Waals surface area contributed by atoms with Crippen LogP contribution >= 0.6 is 0 Å². The summed E-state index contributed by atoms with van der Waals surface area (Å²) in [5, 5.41) is 2.47. The highest BCUT2D eigenvalue weighted by molar-refractivity contribution is 5.90. The molecule has 1 heterocycles. The molecule has 0 aliphatic rings. The summed E-state index contributed by atoms with van der Waals surface area (Å²) in [5.41, 5.74) is 3.10. The van der Waals surface area contributed by atoms with Crippen molar-refractivity contribution < 1.29 is 9.36 Å². The summed E-state index contributed by atoms with van der Waals surface area (Å²) in [6, 6.07) is 18.7. The molecular formula is C19H18NO+. The molecule has 0 aliphatic heterocycles. The molecule has 3 rings (SSSR count). The third kappa shape index (κ3) is 2.84. The Morgan fingerprint density at radius 1 is 1.00 bits per heavy atom. The first-order valence-electron chi connectivity index (χ1n) is 7.12. The van der Waals surface area contributed by atoms with Gasteiger partial charge in [-0.1, -0.05) is 36.4 Å². The van der Waals surface area contributed by atoms with Crippen molar-refractivity contribution in [2.45, 2.75) is 20.4 Å². The van der Waals surface area contributed by atoms with Crippen molar-refractivity contribution in [3.8, 4) is 0 Å². The van der Waals surface area contributed by atoms with Gasteiger partial charge in [0.1, 0.15) is 0 Å². The summed E-state index contributed by atoms with van der Waals surface area (Å²) < 4.78 is 2.03. The summed E-state index contributed by atoms with van der Waals surface area (Å²) in [7, 11) is 0. The van der Waals surface area contributed by atoms with E-state index in [9.17, 15) is 4.79 Å². The molecule has 2 aromatic carbocycles. The quantitative estimate of drug-likeness (QED) is 0.528. The summed E-state index contributed by atoms with van der Waals surface area (Å²) in [6.45, 7) is 4.36. The van der Waals surface area contributed by atoms with E-state index in [1.807, 2.05) is 42.0 Å². The molecule has 0 saturated heterocycles. The fraction of sp³-hybridized carbons (Fsp3) is 0.158. The molecule has 0 bridgehead atoms. The lowest BCUT2D eigenvalue weighted by Crippen LogP contribution is -2.40. The molecule has 0 aliphatic carbocycles. The van der Waals surface area contributed by atoms with Crippen LogP contribution in [0.3, 0.4) is 0 Å². The molecule has 0 saturated carbocycles. The van der Waals surface area contributed by atoms with Crippen LogP contribution in [0.15, 0.2) is 60.8 Å². The minimum Gasteiger partial charge on any atom is -0.288 e. The third-order valence-corrected chi connectivity index (χ3v) is 3.70. The molecule has 1 aromatic heterocycles. The number of hydrogen-bond acceptors (Lipinski definition) is 1. The zero-order valence-corrected chi connectivity index (χ0v) is 12.3. The van der Waals surface area contributed by atoms with Gasteiger partial charge in [0.05, 0.1) is 0 Å². The highest BCUT2D eigenvalue weighted by Gasteiger charge is 2.15. The van der Waals surface area contributed by atoms with Crippen molar-refractivity contribution in [1.82, 2.24) is 0 Å². The van der Waals surface area contributed by atoms with Crippen LogP contribution in [-0.2, 0) is 6.54 Å². The van der Waals surface area contributed by atoms with E-state index in [0.717, 1.165) is 11.3 Å². The normalized spacial score (nSPS) is 10.8. The van der Waals surface area contributed by atoms with Gasteiger partial charge in [0.2, 0.25) is 11.5 Å². The van der Waals surface area contributed by atoms with Crippen molar-refractivity contribution >= 4 is 16.6 Å². The Bertz CT molecular complexity index is 821. The van der Waals surface area contributed by atoms with Gasteiger partial charge in [0.25, 0.3) is 0 Å².